The van der Waals surface area contributed by atoms with E-state index in [9.17, 15) is 23.3 Å². The summed E-state index contributed by atoms with van der Waals surface area (Å²) < 4.78 is 38.5. The summed E-state index contributed by atoms with van der Waals surface area (Å²) in [6, 6.07) is 3.18. The van der Waals surface area contributed by atoms with Gasteiger partial charge in [-0.25, -0.2) is 0 Å². The largest absolute Gasteiger partial charge is 0.423 e. The highest BCUT2D eigenvalue weighted by Crippen LogP contribution is 2.37. The number of nitrogens with one attached hydrogen (secondary N) is 1. The molecule has 0 aromatic heterocycles. The van der Waals surface area contributed by atoms with Gasteiger partial charge in [0, 0.05) is 17.8 Å². The van der Waals surface area contributed by atoms with Gasteiger partial charge in [0.05, 0.1) is 4.92 Å². The number of halogens is 3. The third-order valence-electron chi connectivity index (χ3n) is 3.09. The number of anilines is 1. The monoisotopic (exact) mass is 306 g/mol. The lowest BCUT2D eigenvalue weighted by molar-refractivity contribution is -0.388. The van der Waals surface area contributed by atoms with Crippen molar-refractivity contribution in [2.45, 2.75) is 25.1 Å². The fraction of sp³-hybridized carbons (Fsp3) is 0.500. The number of alkyl halides is 3. The van der Waals surface area contributed by atoms with Crippen molar-refractivity contribution in [3.63, 3.8) is 0 Å². The summed E-state index contributed by atoms with van der Waals surface area (Å²) in [6.07, 6.45) is -2.98. The summed E-state index contributed by atoms with van der Waals surface area (Å²) in [5.41, 5.74) is -1.85. The molecule has 0 radical (unpaired) electrons. The standard InChI is InChI=1S/C12H13F3N2O2S/c13-12(14,15)10-7-9(1-2-11(10)17(18)19)16-8-3-5-20-6-4-8/h1-2,7-8,16H,3-6H2. The van der Waals surface area contributed by atoms with Crippen LogP contribution in [0.5, 0.6) is 0 Å². The van der Waals surface area contributed by atoms with Crippen LogP contribution in [0.1, 0.15) is 18.4 Å². The molecule has 1 N–H and O–H groups in total. The third-order valence-corrected chi connectivity index (χ3v) is 4.14. The second kappa shape index (κ2) is 5.90. The van der Waals surface area contributed by atoms with E-state index >= 15 is 0 Å². The molecule has 1 saturated heterocycles. The molecule has 1 aliphatic heterocycles. The lowest BCUT2D eigenvalue weighted by Gasteiger charge is -2.24. The molecule has 110 valence electrons. The van der Waals surface area contributed by atoms with Crippen molar-refractivity contribution in [2.24, 2.45) is 0 Å². The molecule has 0 unspecified atom stereocenters. The van der Waals surface area contributed by atoms with Crippen molar-refractivity contribution in [1.29, 1.82) is 0 Å². The van der Waals surface area contributed by atoms with Crippen LogP contribution in [0.15, 0.2) is 18.2 Å². The average Bonchev–Trinajstić information content (AvgIpc) is 2.38. The molecule has 4 nitrogen and oxygen atoms in total. The number of hydrogen-bond acceptors (Lipinski definition) is 4. The predicted octanol–water partition coefficient (Wildman–Crippen LogP) is 3.92. The fourth-order valence-electron chi connectivity index (χ4n) is 2.09. The Kier molecular flexibility index (Phi) is 4.42. The number of nitro groups is 1. The molecule has 1 aromatic rings. The highest BCUT2D eigenvalue weighted by molar-refractivity contribution is 7.99. The van der Waals surface area contributed by atoms with Crippen LogP contribution < -0.4 is 5.32 Å². The van der Waals surface area contributed by atoms with Gasteiger partial charge in [-0.1, -0.05) is 0 Å². The van der Waals surface area contributed by atoms with Crippen LogP contribution in [-0.4, -0.2) is 22.5 Å². The zero-order valence-corrected chi connectivity index (χ0v) is 11.3. The Balaban J connectivity index is 2.25. The van der Waals surface area contributed by atoms with E-state index in [4.69, 9.17) is 0 Å². The van der Waals surface area contributed by atoms with Crippen molar-refractivity contribution in [3.8, 4) is 0 Å². The number of nitro benzene ring substituents is 1. The Bertz CT molecular complexity index is 502. The van der Waals surface area contributed by atoms with E-state index < -0.39 is 22.4 Å². The van der Waals surface area contributed by atoms with E-state index in [1.807, 2.05) is 11.8 Å². The maximum atomic E-state index is 12.8. The maximum Gasteiger partial charge on any atom is 0.423 e. The quantitative estimate of drug-likeness (QED) is 0.679. The summed E-state index contributed by atoms with van der Waals surface area (Å²) in [5.74, 6) is 1.94. The van der Waals surface area contributed by atoms with Gasteiger partial charge in [-0.3, -0.25) is 10.1 Å². The van der Waals surface area contributed by atoms with Crippen LogP contribution in [0.3, 0.4) is 0 Å². The molecule has 1 heterocycles. The smallest absolute Gasteiger partial charge is 0.382 e. The molecule has 2 rings (SSSR count). The summed E-state index contributed by atoms with van der Waals surface area (Å²) in [6.45, 7) is 0. The van der Waals surface area contributed by atoms with Gasteiger partial charge < -0.3 is 5.32 Å². The van der Waals surface area contributed by atoms with E-state index in [1.165, 1.54) is 6.07 Å². The first-order chi connectivity index (χ1) is 9.38. The van der Waals surface area contributed by atoms with Gasteiger partial charge in [0.2, 0.25) is 0 Å². The van der Waals surface area contributed by atoms with E-state index in [2.05, 4.69) is 5.32 Å². The molecule has 8 heteroatoms. The molecule has 0 atom stereocenters. The SMILES string of the molecule is O=[N+]([O-])c1ccc(NC2CCSCC2)cc1C(F)(F)F. The van der Waals surface area contributed by atoms with Gasteiger partial charge in [-0.2, -0.15) is 24.9 Å². The Morgan fingerprint density at radius 1 is 1.30 bits per heavy atom. The highest BCUT2D eigenvalue weighted by atomic mass is 32.2. The number of nitrogens with zero attached hydrogens (tertiary/aromatic N) is 1. The van der Waals surface area contributed by atoms with E-state index in [1.54, 1.807) is 0 Å². The molecule has 0 spiro atoms. The number of thioether (sulfide) groups is 1. The Morgan fingerprint density at radius 3 is 2.50 bits per heavy atom. The molecule has 0 aliphatic carbocycles. The molecule has 1 aromatic carbocycles. The maximum absolute atomic E-state index is 12.8. The van der Waals surface area contributed by atoms with Crippen LogP contribution in [0, 0.1) is 10.1 Å². The molecule has 1 fully saturated rings. The van der Waals surface area contributed by atoms with Crippen LogP contribution in [0.25, 0.3) is 0 Å². The van der Waals surface area contributed by atoms with Gasteiger partial charge in [0.15, 0.2) is 0 Å². The van der Waals surface area contributed by atoms with Crippen LogP contribution in [0.4, 0.5) is 24.5 Å². The zero-order chi connectivity index (χ0) is 14.8. The van der Waals surface area contributed by atoms with Crippen LogP contribution >= 0.6 is 11.8 Å². The van der Waals surface area contributed by atoms with Crippen molar-refractivity contribution in [1.82, 2.24) is 0 Å². The molecular weight excluding hydrogens is 293 g/mol. The third kappa shape index (κ3) is 3.56. The topological polar surface area (TPSA) is 55.2 Å². The minimum absolute atomic E-state index is 0.124. The molecular formula is C12H13F3N2O2S. The molecule has 0 bridgehead atoms. The minimum Gasteiger partial charge on any atom is -0.382 e. The molecule has 20 heavy (non-hydrogen) atoms. The summed E-state index contributed by atoms with van der Waals surface area (Å²) in [5, 5.41) is 13.7. The fourth-order valence-corrected chi connectivity index (χ4v) is 3.20. The molecule has 0 saturated carbocycles. The lowest BCUT2D eigenvalue weighted by atomic mass is 10.1. The van der Waals surface area contributed by atoms with E-state index in [0.717, 1.165) is 36.5 Å². The predicted molar refractivity (Wildman–Crippen MR) is 72.1 cm³/mol. The summed E-state index contributed by atoms with van der Waals surface area (Å²) >= 11 is 1.81. The average molecular weight is 306 g/mol. The normalized spacial score (nSPS) is 16.9. The minimum atomic E-state index is -4.73. The number of hydrogen-bond donors (Lipinski definition) is 1. The van der Waals surface area contributed by atoms with Crippen LogP contribution in [0.2, 0.25) is 0 Å². The van der Waals surface area contributed by atoms with Gasteiger partial charge in [0.1, 0.15) is 5.56 Å². The van der Waals surface area contributed by atoms with E-state index in [0.29, 0.717) is 0 Å². The summed E-state index contributed by atoms with van der Waals surface area (Å²) in [4.78, 5) is 9.64. The first-order valence-corrected chi connectivity index (χ1v) is 7.23. The Morgan fingerprint density at radius 2 is 1.95 bits per heavy atom. The van der Waals surface area contributed by atoms with Crippen molar-refractivity contribution in [3.05, 3.63) is 33.9 Å². The van der Waals surface area contributed by atoms with Gasteiger partial charge in [-0.15, -0.1) is 0 Å². The highest BCUT2D eigenvalue weighted by Gasteiger charge is 2.38. The van der Waals surface area contributed by atoms with Gasteiger partial charge in [0.25, 0.3) is 5.69 Å². The number of rotatable bonds is 3. The van der Waals surface area contributed by atoms with Gasteiger partial charge in [-0.05, 0) is 36.5 Å². The molecule has 0 amide bonds. The van der Waals surface area contributed by atoms with Crippen molar-refractivity contribution >= 4 is 23.1 Å². The summed E-state index contributed by atoms with van der Waals surface area (Å²) in [7, 11) is 0. The Hall–Kier alpha value is -1.44. The van der Waals surface area contributed by atoms with E-state index in [-0.39, 0.29) is 11.7 Å². The zero-order valence-electron chi connectivity index (χ0n) is 10.4. The first kappa shape index (κ1) is 15.0. The number of benzene rings is 1. The Labute approximate surface area is 117 Å². The second-order valence-corrected chi connectivity index (χ2v) is 5.74. The molecule has 1 aliphatic rings. The second-order valence-electron chi connectivity index (χ2n) is 4.52. The van der Waals surface area contributed by atoms with Crippen molar-refractivity contribution in [2.75, 3.05) is 16.8 Å². The van der Waals surface area contributed by atoms with Gasteiger partial charge >= 0.3 is 6.18 Å². The van der Waals surface area contributed by atoms with Crippen LogP contribution in [-0.2, 0) is 6.18 Å². The van der Waals surface area contributed by atoms with Crippen molar-refractivity contribution < 1.29 is 18.1 Å². The first-order valence-electron chi connectivity index (χ1n) is 6.08. The lowest BCUT2D eigenvalue weighted by Crippen LogP contribution is -2.24.